The van der Waals surface area contributed by atoms with Gasteiger partial charge >= 0.3 is 0 Å². The van der Waals surface area contributed by atoms with E-state index in [4.69, 9.17) is 11.3 Å². The third kappa shape index (κ3) is 2.69. The van der Waals surface area contributed by atoms with E-state index in [2.05, 4.69) is 14.8 Å². The molecule has 0 unspecified atom stereocenters. The number of rotatable bonds is 3. The third-order valence-corrected chi connectivity index (χ3v) is 3.66. The summed E-state index contributed by atoms with van der Waals surface area (Å²) in [4.78, 5) is 13.9. The van der Waals surface area contributed by atoms with Gasteiger partial charge in [-0.2, -0.15) is 0 Å². The lowest BCUT2D eigenvalue weighted by atomic mass is 10.2. The molecule has 116 valence electrons. The lowest BCUT2D eigenvalue weighted by molar-refractivity contribution is 0.477. The van der Waals surface area contributed by atoms with E-state index < -0.39 is 0 Å². The van der Waals surface area contributed by atoms with Crippen molar-refractivity contribution in [3.8, 4) is 11.5 Å². The number of hydrogen-bond acceptors (Lipinski definition) is 4. The predicted molar refractivity (Wildman–Crippen MR) is 90.4 cm³/mol. The van der Waals surface area contributed by atoms with Gasteiger partial charge in [-0.25, -0.2) is 4.98 Å². The van der Waals surface area contributed by atoms with Crippen LogP contribution in [-0.4, -0.2) is 28.6 Å². The van der Waals surface area contributed by atoms with Crippen molar-refractivity contribution in [3.63, 3.8) is 0 Å². The van der Waals surface area contributed by atoms with E-state index >= 15 is 0 Å². The van der Waals surface area contributed by atoms with Crippen LogP contribution in [0.15, 0.2) is 30.7 Å². The largest absolute Gasteiger partial charge is 0.453 e. The quantitative estimate of drug-likeness (QED) is 0.692. The van der Waals surface area contributed by atoms with Gasteiger partial charge in [0.1, 0.15) is 11.3 Å². The number of anilines is 1. The van der Waals surface area contributed by atoms with Crippen LogP contribution in [0.25, 0.3) is 15.9 Å². The number of aromatic nitrogens is 3. The van der Waals surface area contributed by atoms with Crippen LogP contribution in [0.3, 0.4) is 0 Å². The Morgan fingerprint density at radius 1 is 1.22 bits per heavy atom. The molecule has 2 aromatic heterocycles. The first-order chi connectivity index (χ1) is 11.0. The van der Waals surface area contributed by atoms with Crippen LogP contribution < -0.4 is 9.64 Å². The average Bonchev–Trinajstić information content (AvgIpc) is 2.90. The van der Waals surface area contributed by atoms with Gasteiger partial charge in [0, 0.05) is 33.3 Å². The first-order valence-corrected chi connectivity index (χ1v) is 7.14. The number of pyridine rings is 1. The van der Waals surface area contributed by atoms with E-state index in [1.54, 1.807) is 18.6 Å². The molecule has 1 aromatic carbocycles. The van der Waals surface area contributed by atoms with Gasteiger partial charge in [0.05, 0.1) is 17.5 Å². The highest BCUT2D eigenvalue weighted by molar-refractivity contribution is 5.90. The van der Waals surface area contributed by atoms with Crippen LogP contribution in [0.5, 0.6) is 11.5 Å². The standard InChI is InChI=1S/C17H17N5O/c1-11-6-16(18-2)19-9-15(11)23-12-7-13(21(3)4)17-14(8-12)22(5)10-20-17/h6-10H,1,3-5H3. The van der Waals surface area contributed by atoms with Crippen LogP contribution >= 0.6 is 0 Å². The molecule has 2 heterocycles. The van der Waals surface area contributed by atoms with Gasteiger partial charge in [-0.05, 0) is 18.6 Å². The van der Waals surface area contributed by atoms with Gasteiger partial charge < -0.3 is 19.0 Å². The second-order valence-electron chi connectivity index (χ2n) is 5.58. The molecule has 6 nitrogen and oxygen atoms in total. The normalized spacial score (nSPS) is 10.6. The summed E-state index contributed by atoms with van der Waals surface area (Å²) in [6.45, 7) is 8.91. The number of benzene rings is 1. The van der Waals surface area contributed by atoms with Crippen LogP contribution in [0.1, 0.15) is 5.56 Å². The molecular weight excluding hydrogens is 290 g/mol. The van der Waals surface area contributed by atoms with Crippen LogP contribution in [0, 0.1) is 13.5 Å². The fourth-order valence-corrected chi connectivity index (χ4v) is 2.41. The summed E-state index contributed by atoms with van der Waals surface area (Å²) in [6, 6.07) is 5.63. The molecule has 0 aliphatic carbocycles. The van der Waals surface area contributed by atoms with Crippen molar-refractivity contribution in [2.75, 3.05) is 19.0 Å². The van der Waals surface area contributed by atoms with Crippen molar-refractivity contribution in [1.29, 1.82) is 0 Å². The van der Waals surface area contributed by atoms with Crippen molar-refractivity contribution < 1.29 is 4.74 Å². The molecule has 3 aromatic rings. The second kappa shape index (κ2) is 5.61. The summed E-state index contributed by atoms with van der Waals surface area (Å²) in [5.41, 5.74) is 3.79. The molecule has 0 radical (unpaired) electrons. The number of fused-ring (bicyclic) bond motifs is 1. The number of aryl methyl sites for hydroxylation is 2. The van der Waals surface area contributed by atoms with E-state index in [1.165, 1.54) is 0 Å². The molecule has 0 N–H and O–H groups in total. The maximum Gasteiger partial charge on any atom is 0.269 e. The first-order valence-electron chi connectivity index (χ1n) is 7.14. The Morgan fingerprint density at radius 3 is 2.65 bits per heavy atom. The molecule has 0 spiro atoms. The third-order valence-electron chi connectivity index (χ3n) is 3.66. The van der Waals surface area contributed by atoms with E-state index in [0.717, 1.165) is 22.3 Å². The highest BCUT2D eigenvalue weighted by Crippen LogP contribution is 2.33. The number of hydrogen-bond donors (Lipinski definition) is 0. The number of imidazole rings is 1. The fraction of sp³-hybridized carbons (Fsp3) is 0.235. The summed E-state index contributed by atoms with van der Waals surface area (Å²) < 4.78 is 7.96. The first kappa shape index (κ1) is 14.9. The molecule has 0 saturated carbocycles. The minimum Gasteiger partial charge on any atom is -0.453 e. The molecule has 0 aliphatic rings. The molecule has 0 atom stereocenters. The molecule has 3 rings (SSSR count). The van der Waals surface area contributed by atoms with Crippen LogP contribution in [-0.2, 0) is 7.05 Å². The zero-order chi connectivity index (χ0) is 16.6. The minimum atomic E-state index is 0.367. The van der Waals surface area contributed by atoms with E-state index in [-0.39, 0.29) is 0 Å². The zero-order valence-corrected chi connectivity index (χ0v) is 13.5. The monoisotopic (exact) mass is 307 g/mol. The lowest BCUT2D eigenvalue weighted by Gasteiger charge is -2.16. The van der Waals surface area contributed by atoms with Gasteiger partial charge in [-0.3, -0.25) is 0 Å². The molecule has 0 bridgehead atoms. The predicted octanol–water partition coefficient (Wildman–Crippen LogP) is 3.69. The summed E-state index contributed by atoms with van der Waals surface area (Å²) in [5.74, 6) is 1.72. The van der Waals surface area contributed by atoms with Crippen molar-refractivity contribution in [2.45, 2.75) is 6.92 Å². The van der Waals surface area contributed by atoms with Crippen LogP contribution in [0.2, 0.25) is 0 Å². The SMILES string of the molecule is [C-]#[N+]c1cc(C)c(Oc2cc(N(C)C)c3ncn(C)c3c2)cn1. The Labute approximate surface area is 134 Å². The molecule has 6 heteroatoms. The summed E-state index contributed by atoms with van der Waals surface area (Å²) in [7, 11) is 5.91. The smallest absolute Gasteiger partial charge is 0.269 e. The molecule has 0 aliphatic heterocycles. The lowest BCUT2D eigenvalue weighted by Crippen LogP contribution is -2.09. The summed E-state index contributed by atoms with van der Waals surface area (Å²) in [5, 5.41) is 0. The summed E-state index contributed by atoms with van der Waals surface area (Å²) >= 11 is 0. The number of ether oxygens (including phenoxy) is 1. The average molecular weight is 307 g/mol. The Morgan fingerprint density at radius 2 is 2.00 bits per heavy atom. The maximum atomic E-state index is 7.01. The molecule has 23 heavy (non-hydrogen) atoms. The van der Waals surface area contributed by atoms with Gasteiger partial charge in [-0.15, -0.1) is 4.98 Å². The Bertz CT molecular complexity index is 921. The van der Waals surface area contributed by atoms with Gasteiger partial charge in [0.2, 0.25) is 0 Å². The topological polar surface area (TPSA) is 47.5 Å². The van der Waals surface area contributed by atoms with E-state index in [1.807, 2.05) is 49.7 Å². The minimum absolute atomic E-state index is 0.367. The van der Waals surface area contributed by atoms with Gasteiger partial charge in [0.15, 0.2) is 11.9 Å². The molecular formula is C17H17N5O. The maximum absolute atomic E-state index is 7.01. The van der Waals surface area contributed by atoms with E-state index in [0.29, 0.717) is 17.3 Å². The van der Waals surface area contributed by atoms with Gasteiger partial charge in [0.25, 0.3) is 5.82 Å². The summed E-state index contributed by atoms with van der Waals surface area (Å²) in [6.07, 6.45) is 3.38. The molecule has 0 fully saturated rings. The van der Waals surface area contributed by atoms with Gasteiger partial charge in [-0.1, -0.05) is 6.57 Å². The Balaban J connectivity index is 2.07. The van der Waals surface area contributed by atoms with Crippen molar-refractivity contribution in [3.05, 3.63) is 47.7 Å². The number of nitrogens with zero attached hydrogens (tertiary/aromatic N) is 5. The van der Waals surface area contributed by atoms with E-state index in [9.17, 15) is 0 Å². The molecule has 0 amide bonds. The van der Waals surface area contributed by atoms with Crippen LogP contribution in [0.4, 0.5) is 11.5 Å². The fourth-order valence-electron chi connectivity index (χ4n) is 2.41. The Hall–Kier alpha value is -3.07. The highest BCUT2D eigenvalue weighted by Gasteiger charge is 2.13. The Kier molecular flexibility index (Phi) is 3.62. The second-order valence-corrected chi connectivity index (χ2v) is 5.58. The zero-order valence-electron chi connectivity index (χ0n) is 13.5. The van der Waals surface area contributed by atoms with Crippen molar-refractivity contribution in [2.24, 2.45) is 7.05 Å². The highest BCUT2D eigenvalue weighted by atomic mass is 16.5. The van der Waals surface area contributed by atoms with Crippen molar-refractivity contribution in [1.82, 2.24) is 14.5 Å². The van der Waals surface area contributed by atoms with Crippen molar-refractivity contribution >= 4 is 22.5 Å². The molecule has 0 saturated heterocycles.